The molecule has 0 aliphatic heterocycles. The van der Waals surface area contributed by atoms with Crippen LogP contribution in [0.15, 0.2) is 30.3 Å². The minimum atomic E-state index is -0.468. The summed E-state index contributed by atoms with van der Waals surface area (Å²) in [6.45, 7) is 2.09. The van der Waals surface area contributed by atoms with Crippen molar-refractivity contribution < 1.29 is 9.53 Å². The predicted molar refractivity (Wildman–Crippen MR) is 70.8 cm³/mol. The lowest BCUT2D eigenvalue weighted by Crippen LogP contribution is -2.07. The third-order valence-corrected chi connectivity index (χ3v) is 2.79. The SMILES string of the molecule is CCOC(=O)c1nc(CCc2ccccc2)n(C)n1. The molecule has 0 saturated carbocycles. The summed E-state index contributed by atoms with van der Waals surface area (Å²) in [4.78, 5) is 15.7. The molecule has 0 aliphatic carbocycles. The Kier molecular flexibility index (Phi) is 4.28. The maximum Gasteiger partial charge on any atom is 0.378 e. The van der Waals surface area contributed by atoms with Crippen LogP contribution in [0, 0.1) is 0 Å². The largest absolute Gasteiger partial charge is 0.460 e. The number of hydrogen-bond acceptors (Lipinski definition) is 4. The molecule has 0 spiro atoms. The van der Waals surface area contributed by atoms with Gasteiger partial charge in [-0.15, -0.1) is 5.10 Å². The standard InChI is InChI=1S/C14H17N3O2/c1-3-19-14(18)13-15-12(17(2)16-13)10-9-11-7-5-4-6-8-11/h4-8H,3,9-10H2,1-2H3. The van der Waals surface area contributed by atoms with Crippen molar-refractivity contribution in [3.63, 3.8) is 0 Å². The van der Waals surface area contributed by atoms with Crippen LogP contribution in [-0.4, -0.2) is 27.3 Å². The molecule has 1 heterocycles. The molecule has 0 aliphatic rings. The van der Waals surface area contributed by atoms with Crippen molar-refractivity contribution in [2.24, 2.45) is 7.05 Å². The minimum absolute atomic E-state index is 0.132. The molecule has 100 valence electrons. The summed E-state index contributed by atoms with van der Waals surface area (Å²) in [6, 6.07) is 10.2. The van der Waals surface area contributed by atoms with Gasteiger partial charge < -0.3 is 4.74 Å². The number of rotatable bonds is 5. The first-order valence-electron chi connectivity index (χ1n) is 6.31. The first-order valence-corrected chi connectivity index (χ1v) is 6.31. The average molecular weight is 259 g/mol. The first kappa shape index (κ1) is 13.3. The van der Waals surface area contributed by atoms with Crippen LogP contribution < -0.4 is 0 Å². The molecule has 0 N–H and O–H groups in total. The fourth-order valence-corrected chi connectivity index (χ4v) is 1.82. The van der Waals surface area contributed by atoms with E-state index in [2.05, 4.69) is 22.2 Å². The smallest absolute Gasteiger partial charge is 0.378 e. The van der Waals surface area contributed by atoms with Gasteiger partial charge in [0.2, 0.25) is 0 Å². The van der Waals surface area contributed by atoms with E-state index in [-0.39, 0.29) is 5.82 Å². The van der Waals surface area contributed by atoms with E-state index < -0.39 is 5.97 Å². The zero-order valence-electron chi connectivity index (χ0n) is 11.2. The highest BCUT2D eigenvalue weighted by molar-refractivity contribution is 5.84. The zero-order chi connectivity index (χ0) is 13.7. The van der Waals surface area contributed by atoms with Gasteiger partial charge in [-0.1, -0.05) is 30.3 Å². The summed E-state index contributed by atoms with van der Waals surface area (Å²) in [7, 11) is 1.79. The van der Waals surface area contributed by atoms with Gasteiger partial charge in [0.05, 0.1) is 6.61 Å². The van der Waals surface area contributed by atoms with Gasteiger partial charge in [0.15, 0.2) is 0 Å². The third-order valence-electron chi connectivity index (χ3n) is 2.79. The topological polar surface area (TPSA) is 57.0 Å². The number of hydrogen-bond donors (Lipinski definition) is 0. The number of esters is 1. The molecule has 19 heavy (non-hydrogen) atoms. The highest BCUT2D eigenvalue weighted by Gasteiger charge is 2.15. The molecule has 0 bridgehead atoms. The molecule has 0 radical (unpaired) electrons. The summed E-state index contributed by atoms with van der Waals surface area (Å²) in [5, 5.41) is 4.07. The summed E-state index contributed by atoms with van der Waals surface area (Å²) >= 11 is 0. The van der Waals surface area contributed by atoms with Gasteiger partial charge in [0, 0.05) is 13.5 Å². The monoisotopic (exact) mass is 259 g/mol. The van der Waals surface area contributed by atoms with Crippen molar-refractivity contribution in [2.45, 2.75) is 19.8 Å². The molecule has 2 aromatic rings. The Morgan fingerprint density at radius 2 is 2.00 bits per heavy atom. The first-order chi connectivity index (χ1) is 9.20. The molecular weight excluding hydrogens is 242 g/mol. The summed E-state index contributed by atoms with van der Waals surface area (Å²) in [5.74, 6) is 0.448. The van der Waals surface area contributed by atoms with Gasteiger partial charge in [-0.25, -0.2) is 9.78 Å². The molecule has 1 aromatic heterocycles. The number of aryl methyl sites for hydroxylation is 3. The van der Waals surface area contributed by atoms with Gasteiger partial charge in [0.25, 0.3) is 5.82 Å². The predicted octanol–water partition coefficient (Wildman–Crippen LogP) is 1.78. The Balaban J connectivity index is 2.03. The normalized spacial score (nSPS) is 10.4. The third kappa shape index (κ3) is 3.40. The Bertz CT molecular complexity index is 549. The fourth-order valence-electron chi connectivity index (χ4n) is 1.82. The maximum absolute atomic E-state index is 11.5. The van der Waals surface area contributed by atoms with E-state index in [0.29, 0.717) is 6.61 Å². The molecule has 0 atom stereocenters. The Labute approximate surface area is 112 Å². The van der Waals surface area contributed by atoms with Crippen LogP contribution in [0.3, 0.4) is 0 Å². The zero-order valence-corrected chi connectivity index (χ0v) is 11.2. The lowest BCUT2D eigenvalue weighted by Gasteiger charge is -2.00. The van der Waals surface area contributed by atoms with Gasteiger partial charge in [0.1, 0.15) is 5.82 Å². The van der Waals surface area contributed by atoms with Crippen molar-refractivity contribution in [3.05, 3.63) is 47.5 Å². The number of nitrogens with zero attached hydrogens (tertiary/aromatic N) is 3. The lowest BCUT2D eigenvalue weighted by atomic mass is 10.1. The van der Waals surface area contributed by atoms with E-state index in [4.69, 9.17) is 4.74 Å². The fraction of sp³-hybridized carbons (Fsp3) is 0.357. The van der Waals surface area contributed by atoms with E-state index in [9.17, 15) is 4.79 Å². The highest BCUT2D eigenvalue weighted by atomic mass is 16.5. The number of ether oxygens (including phenoxy) is 1. The van der Waals surface area contributed by atoms with Crippen LogP contribution in [0.5, 0.6) is 0 Å². The van der Waals surface area contributed by atoms with Crippen LogP contribution in [0.4, 0.5) is 0 Å². The second-order valence-electron chi connectivity index (χ2n) is 4.18. The maximum atomic E-state index is 11.5. The Morgan fingerprint density at radius 1 is 1.26 bits per heavy atom. The highest BCUT2D eigenvalue weighted by Crippen LogP contribution is 2.06. The van der Waals surface area contributed by atoms with Gasteiger partial charge in [-0.05, 0) is 18.9 Å². The molecule has 5 heteroatoms. The van der Waals surface area contributed by atoms with Crippen LogP contribution >= 0.6 is 0 Å². The van der Waals surface area contributed by atoms with Crippen molar-refractivity contribution >= 4 is 5.97 Å². The number of aromatic nitrogens is 3. The molecule has 1 aromatic carbocycles. The minimum Gasteiger partial charge on any atom is -0.460 e. The van der Waals surface area contributed by atoms with Crippen LogP contribution in [0.25, 0.3) is 0 Å². The van der Waals surface area contributed by atoms with Crippen LogP contribution in [0.2, 0.25) is 0 Å². The van der Waals surface area contributed by atoms with Gasteiger partial charge in [-0.2, -0.15) is 0 Å². The van der Waals surface area contributed by atoms with Crippen molar-refractivity contribution in [1.29, 1.82) is 0 Å². The molecule has 0 unspecified atom stereocenters. The van der Waals surface area contributed by atoms with Gasteiger partial charge in [-0.3, -0.25) is 4.68 Å². The van der Waals surface area contributed by atoms with Crippen molar-refractivity contribution in [1.82, 2.24) is 14.8 Å². The van der Waals surface area contributed by atoms with Crippen LogP contribution in [-0.2, 0) is 24.6 Å². The number of carbonyl (C=O) groups excluding carboxylic acids is 1. The molecule has 0 amide bonds. The van der Waals surface area contributed by atoms with Gasteiger partial charge >= 0.3 is 5.97 Å². The summed E-state index contributed by atoms with van der Waals surface area (Å²) in [5.41, 5.74) is 1.24. The lowest BCUT2D eigenvalue weighted by molar-refractivity contribution is 0.0512. The van der Waals surface area contributed by atoms with E-state index >= 15 is 0 Å². The number of carbonyl (C=O) groups is 1. The quantitative estimate of drug-likeness (QED) is 0.768. The molecule has 0 fully saturated rings. The molecule has 2 rings (SSSR count). The Morgan fingerprint density at radius 3 is 2.68 bits per heavy atom. The second kappa shape index (κ2) is 6.13. The summed E-state index contributed by atoms with van der Waals surface area (Å²) < 4.78 is 6.52. The second-order valence-corrected chi connectivity index (χ2v) is 4.18. The van der Waals surface area contributed by atoms with Crippen LogP contribution in [0.1, 0.15) is 28.9 Å². The van der Waals surface area contributed by atoms with Crippen molar-refractivity contribution in [3.8, 4) is 0 Å². The average Bonchev–Trinajstić information content (AvgIpc) is 2.79. The molecular formula is C14H17N3O2. The van der Waals surface area contributed by atoms with E-state index in [1.54, 1.807) is 18.7 Å². The van der Waals surface area contributed by atoms with E-state index in [0.717, 1.165) is 18.7 Å². The summed E-state index contributed by atoms with van der Waals surface area (Å²) in [6.07, 6.45) is 1.61. The molecule has 5 nitrogen and oxygen atoms in total. The van der Waals surface area contributed by atoms with Crippen molar-refractivity contribution in [2.75, 3.05) is 6.61 Å². The molecule has 0 saturated heterocycles. The van der Waals surface area contributed by atoms with E-state index in [1.165, 1.54) is 5.56 Å². The number of benzene rings is 1. The van der Waals surface area contributed by atoms with E-state index in [1.807, 2.05) is 18.2 Å². The Hall–Kier alpha value is -2.17.